The number of amides is 1. The Hall–Kier alpha value is -1.66. The van der Waals surface area contributed by atoms with Crippen LogP contribution in [0.25, 0.3) is 0 Å². The second kappa shape index (κ2) is 5.99. The summed E-state index contributed by atoms with van der Waals surface area (Å²) in [5.41, 5.74) is 5.23. The summed E-state index contributed by atoms with van der Waals surface area (Å²) in [6, 6.07) is 4.79. The minimum Gasteiger partial charge on any atom is -0.368 e. The average molecular weight is 329 g/mol. The van der Waals surface area contributed by atoms with Gasteiger partial charge in [-0.15, -0.1) is 0 Å². The van der Waals surface area contributed by atoms with Crippen molar-refractivity contribution in [3.8, 4) is 6.07 Å². The highest BCUT2D eigenvalue weighted by atomic mass is 35.5. The third-order valence-corrected chi connectivity index (χ3v) is 5.36. The van der Waals surface area contributed by atoms with Gasteiger partial charge >= 0.3 is 0 Å². The number of halogens is 1. The van der Waals surface area contributed by atoms with Crippen LogP contribution in [0.15, 0.2) is 23.1 Å². The molecular formula is C12H13ClN4O3S. The molecule has 1 heterocycles. The molecule has 1 aliphatic rings. The maximum Gasteiger partial charge on any atom is 0.245 e. The van der Waals surface area contributed by atoms with Crippen LogP contribution in [-0.4, -0.2) is 44.3 Å². The van der Waals surface area contributed by atoms with E-state index < -0.39 is 22.0 Å². The van der Waals surface area contributed by atoms with Gasteiger partial charge in [-0.05, 0) is 18.2 Å². The third-order valence-electron chi connectivity index (χ3n) is 3.17. The Kier molecular flexibility index (Phi) is 4.49. The molecule has 1 aromatic rings. The smallest absolute Gasteiger partial charge is 0.245 e. The van der Waals surface area contributed by atoms with Crippen LogP contribution < -0.4 is 11.1 Å². The Balaban J connectivity index is 2.53. The van der Waals surface area contributed by atoms with E-state index in [2.05, 4.69) is 5.32 Å². The summed E-state index contributed by atoms with van der Waals surface area (Å²) in [5.74, 6) is -0.744. The molecule has 0 saturated carbocycles. The van der Waals surface area contributed by atoms with Gasteiger partial charge < -0.3 is 11.1 Å². The zero-order valence-corrected chi connectivity index (χ0v) is 12.5. The van der Waals surface area contributed by atoms with Gasteiger partial charge in [0.15, 0.2) is 0 Å². The quantitative estimate of drug-likeness (QED) is 0.787. The largest absolute Gasteiger partial charge is 0.368 e. The Morgan fingerprint density at radius 1 is 1.52 bits per heavy atom. The lowest BCUT2D eigenvalue weighted by Crippen LogP contribution is -2.58. The lowest BCUT2D eigenvalue weighted by molar-refractivity contribution is -0.122. The molecule has 21 heavy (non-hydrogen) atoms. The SMILES string of the molecule is N#Cc1ccc(Cl)cc1S(=O)(=O)N1CCNCC1C(N)=O. The van der Waals surface area contributed by atoms with E-state index in [0.717, 1.165) is 4.31 Å². The molecule has 1 atom stereocenters. The molecule has 1 unspecified atom stereocenters. The zero-order chi connectivity index (χ0) is 15.6. The summed E-state index contributed by atoms with van der Waals surface area (Å²) in [5, 5.41) is 12.2. The number of sulfonamides is 1. The fraction of sp³-hybridized carbons (Fsp3) is 0.333. The predicted molar refractivity (Wildman–Crippen MR) is 75.9 cm³/mol. The second-order valence-corrected chi connectivity index (χ2v) is 6.79. The standard InChI is InChI=1S/C12H13ClN4O3S/c13-9-2-1-8(6-14)11(5-9)21(19,20)17-4-3-16-7-10(17)12(15)18/h1-2,5,10,16H,3-4,7H2,(H2,15,18). The van der Waals surface area contributed by atoms with E-state index in [9.17, 15) is 13.2 Å². The van der Waals surface area contributed by atoms with Gasteiger partial charge in [-0.2, -0.15) is 9.57 Å². The summed E-state index contributed by atoms with van der Waals surface area (Å²) in [6.07, 6.45) is 0. The maximum atomic E-state index is 12.7. The molecule has 0 aliphatic carbocycles. The summed E-state index contributed by atoms with van der Waals surface area (Å²) in [7, 11) is -4.04. The molecule has 0 radical (unpaired) electrons. The van der Waals surface area contributed by atoms with Crippen molar-refractivity contribution in [2.24, 2.45) is 5.73 Å². The van der Waals surface area contributed by atoms with Gasteiger partial charge in [-0.25, -0.2) is 8.42 Å². The first-order chi connectivity index (χ1) is 9.87. The highest BCUT2D eigenvalue weighted by Gasteiger charge is 2.37. The minimum atomic E-state index is -4.04. The van der Waals surface area contributed by atoms with E-state index >= 15 is 0 Å². The second-order valence-electron chi connectivity index (χ2n) is 4.49. The van der Waals surface area contributed by atoms with Gasteiger partial charge in [-0.1, -0.05) is 11.6 Å². The molecule has 0 aromatic heterocycles. The van der Waals surface area contributed by atoms with Crippen molar-refractivity contribution in [2.75, 3.05) is 19.6 Å². The number of carbonyl (C=O) groups excluding carboxylic acids is 1. The number of primary amides is 1. The third kappa shape index (κ3) is 3.01. The molecule has 0 spiro atoms. The monoisotopic (exact) mass is 328 g/mol. The number of nitrogens with two attached hydrogens (primary N) is 1. The van der Waals surface area contributed by atoms with Gasteiger partial charge in [0.1, 0.15) is 17.0 Å². The highest BCUT2D eigenvalue weighted by molar-refractivity contribution is 7.89. The Morgan fingerprint density at radius 3 is 2.86 bits per heavy atom. The van der Waals surface area contributed by atoms with Crippen LogP contribution in [0.1, 0.15) is 5.56 Å². The summed E-state index contributed by atoms with van der Waals surface area (Å²) in [4.78, 5) is 11.2. The van der Waals surface area contributed by atoms with Crippen molar-refractivity contribution in [1.29, 1.82) is 5.26 Å². The average Bonchev–Trinajstić information content (AvgIpc) is 2.47. The fourth-order valence-corrected chi connectivity index (χ4v) is 4.15. The molecule has 1 fully saturated rings. The molecule has 0 bridgehead atoms. The lowest BCUT2D eigenvalue weighted by atomic mass is 10.2. The highest BCUT2D eigenvalue weighted by Crippen LogP contribution is 2.25. The van der Waals surface area contributed by atoms with Crippen LogP contribution in [0.4, 0.5) is 0 Å². The molecule has 1 aliphatic heterocycles. The molecule has 2 rings (SSSR count). The molecular weight excluding hydrogens is 316 g/mol. The normalized spacial score (nSPS) is 19.9. The fourth-order valence-electron chi connectivity index (χ4n) is 2.14. The van der Waals surface area contributed by atoms with Crippen molar-refractivity contribution in [1.82, 2.24) is 9.62 Å². The van der Waals surface area contributed by atoms with Gasteiger partial charge in [0.25, 0.3) is 0 Å². The molecule has 1 aromatic carbocycles. The number of nitrogens with zero attached hydrogens (tertiary/aromatic N) is 2. The van der Waals surface area contributed by atoms with Gasteiger partial charge in [0, 0.05) is 24.7 Å². The van der Waals surface area contributed by atoms with Gasteiger partial charge in [0.2, 0.25) is 15.9 Å². The molecule has 3 N–H and O–H groups in total. The van der Waals surface area contributed by atoms with E-state index in [1.165, 1.54) is 18.2 Å². The van der Waals surface area contributed by atoms with E-state index in [1.807, 2.05) is 6.07 Å². The predicted octanol–water partition coefficient (Wildman–Crippen LogP) is -0.341. The number of hydrogen-bond donors (Lipinski definition) is 2. The van der Waals surface area contributed by atoms with Crippen LogP contribution >= 0.6 is 11.6 Å². The number of benzene rings is 1. The van der Waals surface area contributed by atoms with Crippen LogP contribution in [-0.2, 0) is 14.8 Å². The number of carbonyl (C=O) groups is 1. The van der Waals surface area contributed by atoms with Crippen molar-refractivity contribution >= 4 is 27.5 Å². The van der Waals surface area contributed by atoms with E-state index in [0.29, 0.717) is 6.54 Å². The number of piperazine rings is 1. The van der Waals surface area contributed by atoms with Crippen molar-refractivity contribution in [3.05, 3.63) is 28.8 Å². The number of nitriles is 1. The van der Waals surface area contributed by atoms with E-state index in [4.69, 9.17) is 22.6 Å². The summed E-state index contributed by atoms with van der Waals surface area (Å²) in [6.45, 7) is 0.621. The van der Waals surface area contributed by atoms with E-state index in [1.54, 1.807) is 0 Å². The lowest BCUT2D eigenvalue weighted by Gasteiger charge is -2.33. The molecule has 7 nitrogen and oxygen atoms in total. The number of nitrogens with one attached hydrogen (secondary N) is 1. The topological polar surface area (TPSA) is 116 Å². The molecule has 1 amide bonds. The first-order valence-electron chi connectivity index (χ1n) is 6.09. The molecule has 1 saturated heterocycles. The first-order valence-corrected chi connectivity index (χ1v) is 7.91. The van der Waals surface area contributed by atoms with Crippen LogP contribution in [0, 0.1) is 11.3 Å². The van der Waals surface area contributed by atoms with Crippen molar-refractivity contribution in [2.45, 2.75) is 10.9 Å². The number of hydrogen-bond acceptors (Lipinski definition) is 5. The number of rotatable bonds is 3. The van der Waals surface area contributed by atoms with Crippen molar-refractivity contribution in [3.63, 3.8) is 0 Å². The summed E-state index contributed by atoms with van der Waals surface area (Å²) < 4.78 is 26.4. The van der Waals surface area contributed by atoms with Crippen LogP contribution in [0.2, 0.25) is 5.02 Å². The van der Waals surface area contributed by atoms with Crippen LogP contribution in [0.3, 0.4) is 0 Å². The molecule has 112 valence electrons. The van der Waals surface area contributed by atoms with Crippen molar-refractivity contribution < 1.29 is 13.2 Å². The van der Waals surface area contributed by atoms with E-state index in [-0.39, 0.29) is 28.6 Å². The maximum absolute atomic E-state index is 12.7. The first kappa shape index (κ1) is 15.7. The molecule has 9 heteroatoms. The Morgan fingerprint density at radius 2 is 2.24 bits per heavy atom. The summed E-state index contributed by atoms with van der Waals surface area (Å²) >= 11 is 5.82. The Bertz CT molecular complexity index is 714. The van der Waals surface area contributed by atoms with Gasteiger partial charge in [0.05, 0.1) is 5.56 Å². The minimum absolute atomic E-state index is 0.0267. The van der Waals surface area contributed by atoms with Crippen LogP contribution in [0.5, 0.6) is 0 Å². The Labute approximate surface area is 127 Å². The van der Waals surface area contributed by atoms with Gasteiger partial charge in [-0.3, -0.25) is 4.79 Å². The zero-order valence-electron chi connectivity index (χ0n) is 10.9.